The van der Waals surface area contributed by atoms with Crippen LogP contribution in [0.3, 0.4) is 0 Å². The summed E-state index contributed by atoms with van der Waals surface area (Å²) in [5, 5.41) is 4.39. The molecule has 1 N–H and O–H groups in total. The molecular weight excluding hydrogens is 362 g/mol. The first-order valence-corrected chi connectivity index (χ1v) is 9.43. The quantitative estimate of drug-likeness (QED) is 0.733. The zero-order valence-electron chi connectivity index (χ0n) is 15.0. The maximum absolute atomic E-state index is 13.1. The molecule has 1 saturated heterocycles. The van der Waals surface area contributed by atoms with Crippen molar-refractivity contribution in [3.05, 3.63) is 59.4 Å². The summed E-state index contributed by atoms with van der Waals surface area (Å²) in [5.41, 5.74) is 2.91. The highest BCUT2D eigenvalue weighted by atomic mass is 35.5. The van der Waals surface area contributed by atoms with Gasteiger partial charge >= 0.3 is 0 Å². The van der Waals surface area contributed by atoms with E-state index in [1.807, 2.05) is 31.2 Å². The summed E-state index contributed by atoms with van der Waals surface area (Å²) in [4.78, 5) is 21.8. The van der Waals surface area contributed by atoms with Gasteiger partial charge in [-0.3, -0.25) is 9.78 Å². The van der Waals surface area contributed by atoms with Crippen LogP contribution in [0.1, 0.15) is 30.1 Å². The van der Waals surface area contributed by atoms with Gasteiger partial charge in [0.2, 0.25) is 0 Å². The Labute approximate surface area is 162 Å². The first-order chi connectivity index (χ1) is 13.1. The molecule has 2 atom stereocenters. The minimum atomic E-state index is -0.150. The Morgan fingerprint density at radius 1 is 1.26 bits per heavy atom. The van der Waals surface area contributed by atoms with E-state index in [4.69, 9.17) is 21.3 Å². The zero-order valence-corrected chi connectivity index (χ0v) is 15.7. The molecule has 2 aromatic heterocycles. The van der Waals surface area contributed by atoms with Gasteiger partial charge in [-0.05, 0) is 56.2 Å². The number of halogens is 1. The second kappa shape index (κ2) is 7.62. The molecule has 1 aliphatic heterocycles. The minimum Gasteiger partial charge on any atom is -0.376 e. The van der Waals surface area contributed by atoms with Crippen LogP contribution in [-0.4, -0.2) is 34.6 Å². The number of hydrogen-bond donors (Lipinski definition) is 1. The van der Waals surface area contributed by atoms with E-state index in [-0.39, 0.29) is 18.1 Å². The van der Waals surface area contributed by atoms with E-state index in [2.05, 4.69) is 10.3 Å². The number of amides is 1. The minimum absolute atomic E-state index is 0.0605. The van der Waals surface area contributed by atoms with Crippen molar-refractivity contribution in [2.75, 3.05) is 6.61 Å². The molecule has 6 heteroatoms. The summed E-state index contributed by atoms with van der Waals surface area (Å²) >= 11 is 6.17. The highest BCUT2D eigenvalue weighted by Crippen LogP contribution is 2.27. The van der Waals surface area contributed by atoms with Gasteiger partial charge in [-0.25, -0.2) is 4.98 Å². The normalized spacial score (nSPS) is 17.8. The van der Waals surface area contributed by atoms with Crippen LogP contribution in [0.2, 0.25) is 5.02 Å². The lowest BCUT2D eigenvalue weighted by molar-refractivity contribution is 0.0713. The van der Waals surface area contributed by atoms with Crippen LogP contribution in [0.5, 0.6) is 0 Å². The highest BCUT2D eigenvalue weighted by molar-refractivity contribution is 6.31. The molecular formula is C21H20ClN3O2. The summed E-state index contributed by atoms with van der Waals surface area (Å²) in [6.07, 6.45) is 5.48. The molecule has 0 bridgehead atoms. The fourth-order valence-electron chi connectivity index (χ4n) is 3.43. The number of carbonyl (C=O) groups is 1. The number of fused-ring (bicyclic) bond motifs is 1. The summed E-state index contributed by atoms with van der Waals surface area (Å²) in [6, 6.07) is 10.9. The molecule has 0 unspecified atom stereocenters. The van der Waals surface area contributed by atoms with Crippen molar-refractivity contribution in [1.82, 2.24) is 15.3 Å². The van der Waals surface area contributed by atoms with E-state index in [9.17, 15) is 4.79 Å². The monoisotopic (exact) mass is 381 g/mol. The number of aromatic nitrogens is 2. The summed E-state index contributed by atoms with van der Waals surface area (Å²) < 4.78 is 5.70. The van der Waals surface area contributed by atoms with Gasteiger partial charge < -0.3 is 10.1 Å². The molecule has 0 radical (unpaired) electrons. The summed E-state index contributed by atoms with van der Waals surface area (Å²) in [6.45, 7) is 2.74. The Balaban J connectivity index is 1.75. The lowest BCUT2D eigenvalue weighted by Gasteiger charge is -2.20. The lowest BCUT2D eigenvalue weighted by Crippen LogP contribution is -2.40. The van der Waals surface area contributed by atoms with Crippen LogP contribution in [0, 0.1) is 0 Å². The van der Waals surface area contributed by atoms with Gasteiger partial charge in [0.1, 0.15) is 0 Å². The maximum atomic E-state index is 13.1. The molecule has 1 fully saturated rings. The Bertz CT molecular complexity index is 972. The van der Waals surface area contributed by atoms with Gasteiger partial charge in [0.05, 0.1) is 28.9 Å². The fourth-order valence-corrected chi connectivity index (χ4v) is 3.60. The number of nitrogens with one attached hydrogen (secondary N) is 1. The lowest BCUT2D eigenvalue weighted by atomic mass is 10.0. The van der Waals surface area contributed by atoms with E-state index in [0.717, 1.165) is 41.6 Å². The first-order valence-electron chi connectivity index (χ1n) is 9.05. The van der Waals surface area contributed by atoms with Crippen LogP contribution in [0.4, 0.5) is 0 Å². The first kappa shape index (κ1) is 17.9. The van der Waals surface area contributed by atoms with Crippen molar-refractivity contribution in [2.45, 2.75) is 31.9 Å². The van der Waals surface area contributed by atoms with Crippen LogP contribution >= 0.6 is 11.6 Å². The Morgan fingerprint density at radius 3 is 2.81 bits per heavy atom. The van der Waals surface area contributed by atoms with Crippen LogP contribution in [0.25, 0.3) is 22.2 Å². The predicted octanol–water partition coefficient (Wildman–Crippen LogP) is 4.25. The average molecular weight is 382 g/mol. The molecule has 0 spiro atoms. The molecule has 3 heterocycles. The predicted molar refractivity (Wildman–Crippen MR) is 106 cm³/mol. The SMILES string of the molecule is C[C@@H](NC(=O)c1cc(-c2ccncc2)nc2ccc(Cl)cc12)[C@@H]1CCCO1. The third-order valence-electron chi connectivity index (χ3n) is 4.87. The molecule has 1 aliphatic rings. The van der Waals surface area contributed by atoms with E-state index in [1.54, 1.807) is 24.5 Å². The van der Waals surface area contributed by atoms with Gasteiger partial charge in [-0.1, -0.05) is 11.6 Å². The smallest absolute Gasteiger partial charge is 0.252 e. The number of hydrogen-bond acceptors (Lipinski definition) is 4. The topological polar surface area (TPSA) is 64.1 Å². The third-order valence-corrected chi connectivity index (χ3v) is 5.11. The number of ether oxygens (including phenoxy) is 1. The molecule has 0 aliphatic carbocycles. The van der Waals surface area contributed by atoms with Crippen molar-refractivity contribution in [1.29, 1.82) is 0 Å². The van der Waals surface area contributed by atoms with Crippen molar-refractivity contribution < 1.29 is 9.53 Å². The van der Waals surface area contributed by atoms with E-state index < -0.39 is 0 Å². The molecule has 0 saturated carbocycles. The maximum Gasteiger partial charge on any atom is 0.252 e. The molecule has 1 amide bonds. The van der Waals surface area contributed by atoms with Crippen LogP contribution in [0.15, 0.2) is 48.8 Å². The number of benzene rings is 1. The fraction of sp³-hybridized carbons (Fsp3) is 0.286. The Morgan fingerprint density at radius 2 is 2.07 bits per heavy atom. The Kier molecular flexibility index (Phi) is 5.05. The second-order valence-electron chi connectivity index (χ2n) is 6.77. The van der Waals surface area contributed by atoms with Gasteiger partial charge in [0.25, 0.3) is 5.91 Å². The summed E-state index contributed by atoms with van der Waals surface area (Å²) in [7, 11) is 0. The molecule has 27 heavy (non-hydrogen) atoms. The van der Waals surface area contributed by atoms with Gasteiger partial charge in [-0.15, -0.1) is 0 Å². The van der Waals surface area contributed by atoms with Crippen LogP contribution < -0.4 is 5.32 Å². The second-order valence-corrected chi connectivity index (χ2v) is 7.20. The average Bonchev–Trinajstić information content (AvgIpc) is 3.23. The number of nitrogens with zero attached hydrogens (tertiary/aromatic N) is 2. The van der Waals surface area contributed by atoms with Gasteiger partial charge in [0, 0.05) is 35.0 Å². The van der Waals surface area contributed by atoms with E-state index >= 15 is 0 Å². The highest BCUT2D eigenvalue weighted by Gasteiger charge is 2.25. The summed E-state index contributed by atoms with van der Waals surface area (Å²) in [5.74, 6) is -0.150. The van der Waals surface area contributed by atoms with Crippen LogP contribution in [-0.2, 0) is 4.74 Å². The van der Waals surface area contributed by atoms with Crippen molar-refractivity contribution in [3.63, 3.8) is 0 Å². The Hall–Kier alpha value is -2.50. The number of carbonyl (C=O) groups excluding carboxylic acids is 1. The largest absolute Gasteiger partial charge is 0.376 e. The molecule has 1 aromatic carbocycles. The number of rotatable bonds is 4. The van der Waals surface area contributed by atoms with Crippen molar-refractivity contribution >= 4 is 28.4 Å². The van der Waals surface area contributed by atoms with Gasteiger partial charge in [0.15, 0.2) is 0 Å². The van der Waals surface area contributed by atoms with Crippen molar-refractivity contribution in [2.24, 2.45) is 0 Å². The van der Waals surface area contributed by atoms with E-state index in [1.165, 1.54) is 0 Å². The van der Waals surface area contributed by atoms with Gasteiger partial charge in [-0.2, -0.15) is 0 Å². The van der Waals surface area contributed by atoms with Crippen molar-refractivity contribution in [3.8, 4) is 11.3 Å². The molecule has 138 valence electrons. The number of pyridine rings is 2. The molecule has 5 nitrogen and oxygen atoms in total. The van der Waals surface area contributed by atoms with E-state index in [0.29, 0.717) is 10.6 Å². The standard InChI is InChI=1S/C21H20ClN3O2/c1-13(20-3-2-10-27-20)24-21(26)17-12-19(14-6-8-23-9-7-14)25-18-5-4-15(22)11-16(17)18/h4-9,11-13,20H,2-3,10H2,1H3,(H,24,26)/t13-,20+/m1/s1. The molecule has 3 aromatic rings. The molecule has 4 rings (SSSR count). The third kappa shape index (κ3) is 3.80. The zero-order chi connectivity index (χ0) is 18.8.